The number of hydrogen-bond donors (Lipinski definition) is 0. The monoisotopic (exact) mass is 823 g/mol. The van der Waals surface area contributed by atoms with Gasteiger partial charge in [-0.2, -0.15) is 43.9 Å². The zero-order chi connectivity index (χ0) is 39.1. The maximum atomic E-state index is 15.5. The third kappa shape index (κ3) is 10.5. The Labute approximate surface area is 295 Å². The van der Waals surface area contributed by atoms with Crippen LogP contribution in [0.4, 0.5) is 43.9 Å². The molecule has 0 saturated heterocycles. The van der Waals surface area contributed by atoms with Gasteiger partial charge in [-0.05, 0) is 19.8 Å². The van der Waals surface area contributed by atoms with Crippen molar-refractivity contribution >= 4 is 17.6 Å². The van der Waals surface area contributed by atoms with Gasteiger partial charge in [0.15, 0.2) is 0 Å². The topological polar surface area (TPSA) is 140 Å². The van der Waals surface area contributed by atoms with E-state index in [9.17, 15) is 49.5 Å². The number of rotatable bonds is 23. The van der Waals surface area contributed by atoms with Crippen LogP contribution in [0, 0.1) is 0 Å². The van der Waals surface area contributed by atoms with E-state index in [0.29, 0.717) is 0 Å². The van der Waals surface area contributed by atoms with Crippen LogP contribution in [0.25, 0.3) is 0 Å². The molecule has 14 nitrogen and oxygen atoms in total. The second-order valence-electron chi connectivity index (χ2n) is 10.3. The minimum atomic E-state index is -6.96. The van der Waals surface area contributed by atoms with Gasteiger partial charge in [0, 0.05) is 81.4 Å². The van der Waals surface area contributed by atoms with E-state index in [1.165, 1.54) is 42.7 Å². The summed E-state index contributed by atoms with van der Waals surface area (Å²) in [5.74, 6) is -18.9. The molecule has 26 heteroatoms. The Morgan fingerprint density at radius 2 is 0.962 bits per heavy atom. The fraction of sp³-hybridized carbons (Fsp3) is 0.885. The molecule has 0 N–H and O–H groups in total. The zero-order valence-corrected chi connectivity index (χ0v) is 30.1. The lowest BCUT2D eigenvalue weighted by Gasteiger charge is -2.37. The van der Waals surface area contributed by atoms with Crippen LogP contribution in [-0.4, -0.2) is 111 Å². The molecule has 310 valence electrons. The van der Waals surface area contributed by atoms with Crippen LogP contribution in [0.2, 0.25) is 12.1 Å². The highest BCUT2D eigenvalue weighted by Gasteiger charge is 2.77. The number of hydrogen-bond acceptors (Lipinski definition) is 11. The lowest BCUT2D eigenvalue weighted by Crippen LogP contribution is -2.63. The second kappa shape index (κ2) is 19.4. The van der Waals surface area contributed by atoms with Crippen molar-refractivity contribution in [2.24, 2.45) is 0 Å². The van der Waals surface area contributed by atoms with Gasteiger partial charge in [0.2, 0.25) is 6.23 Å². The van der Waals surface area contributed by atoms with Gasteiger partial charge >= 0.3 is 64.7 Å². The van der Waals surface area contributed by atoms with E-state index in [4.69, 9.17) is 26.6 Å². The largest absolute Gasteiger partial charge is 0.500 e. The number of halogens is 10. The zero-order valence-electron chi connectivity index (χ0n) is 28.1. The number of aromatic nitrogens is 3. The van der Waals surface area contributed by atoms with E-state index in [0.717, 1.165) is 6.92 Å². The van der Waals surface area contributed by atoms with E-state index in [1.807, 2.05) is 0 Å². The first kappa shape index (κ1) is 51.9. The van der Waals surface area contributed by atoms with Crippen molar-refractivity contribution < 1.29 is 79.9 Å². The van der Waals surface area contributed by atoms with E-state index >= 15 is 8.78 Å². The summed E-state index contributed by atoms with van der Waals surface area (Å²) >= 11 is 0. The molecule has 0 amide bonds. The highest BCUT2D eigenvalue weighted by Crippen LogP contribution is 2.52. The molecule has 0 aromatic carbocycles. The predicted octanol–water partition coefficient (Wildman–Crippen LogP) is 4.64. The average Bonchev–Trinajstić information content (AvgIpc) is 3.03. The molecule has 1 atom stereocenters. The van der Waals surface area contributed by atoms with Crippen molar-refractivity contribution in [2.75, 3.05) is 49.3 Å². The molecular formula is C26H47F10N3O11Si2. The molecule has 52 heavy (non-hydrogen) atoms. The summed E-state index contributed by atoms with van der Waals surface area (Å²) in [6.45, 7) is -2.53. The maximum absolute atomic E-state index is 15.5. The summed E-state index contributed by atoms with van der Waals surface area (Å²) in [4.78, 5) is 40.4. The van der Waals surface area contributed by atoms with Crippen LogP contribution < -0.4 is 17.1 Å². The van der Waals surface area contributed by atoms with Gasteiger partial charge < -0.3 is 31.3 Å². The Hall–Kier alpha value is -2.18. The summed E-state index contributed by atoms with van der Waals surface area (Å²) in [6.07, 6.45) is -18.3. The highest BCUT2D eigenvalue weighted by atomic mass is 28.4. The summed E-state index contributed by atoms with van der Waals surface area (Å²) in [5, 5.41) is 0. The Morgan fingerprint density at radius 3 is 1.25 bits per heavy atom. The van der Waals surface area contributed by atoms with Crippen molar-refractivity contribution in [3.05, 3.63) is 31.5 Å². The van der Waals surface area contributed by atoms with E-state index in [2.05, 4.69) is 9.47 Å². The molecule has 0 bridgehead atoms. The lowest BCUT2D eigenvalue weighted by molar-refractivity contribution is -0.494. The highest BCUT2D eigenvalue weighted by molar-refractivity contribution is 6.60. The van der Waals surface area contributed by atoms with Crippen LogP contribution in [0.5, 0.6) is 0 Å². The summed E-state index contributed by atoms with van der Waals surface area (Å²) in [6, 6.07) is -0.291. The first-order chi connectivity index (χ1) is 22.8. The Balaban J connectivity index is 0. The number of ether oxygens (including phenoxy) is 2. The lowest BCUT2D eigenvalue weighted by atomic mass is 10.2. The average molecular weight is 824 g/mol. The first-order valence-electron chi connectivity index (χ1n) is 14.3. The fourth-order valence-electron chi connectivity index (χ4n) is 4.45. The summed E-state index contributed by atoms with van der Waals surface area (Å²) in [5.41, 5.74) is -5.55. The van der Waals surface area contributed by atoms with Crippen LogP contribution in [0.15, 0.2) is 14.4 Å². The van der Waals surface area contributed by atoms with Gasteiger partial charge in [0.05, 0.1) is 0 Å². The van der Waals surface area contributed by atoms with Crippen molar-refractivity contribution in [1.82, 2.24) is 13.7 Å². The van der Waals surface area contributed by atoms with E-state index < -0.39 is 102 Å². The molecule has 1 unspecified atom stereocenters. The van der Waals surface area contributed by atoms with Gasteiger partial charge in [-0.25, -0.2) is 32.8 Å². The SMILES string of the molecule is C.C.CCOC(n1c(=O)n(CCC[Si](OC)(OC)OC)c(=O)n(CCC[Si](OC)(OC)OC)c1=O)C(F)(F)C(F)(F)OC(F)(F)C(F)(F)C(C)(F)F. The van der Waals surface area contributed by atoms with Crippen molar-refractivity contribution in [3.63, 3.8) is 0 Å². The molecule has 0 aliphatic carbocycles. The molecule has 1 aromatic heterocycles. The van der Waals surface area contributed by atoms with Gasteiger partial charge in [-0.1, -0.05) is 14.9 Å². The van der Waals surface area contributed by atoms with Crippen LogP contribution >= 0.6 is 0 Å². The fourth-order valence-corrected chi connectivity index (χ4v) is 7.85. The smallest absolute Gasteiger partial charge is 0.377 e. The Morgan fingerprint density at radius 1 is 0.615 bits per heavy atom. The van der Waals surface area contributed by atoms with Crippen molar-refractivity contribution in [3.8, 4) is 0 Å². The minimum absolute atomic E-state index is 0. The van der Waals surface area contributed by atoms with Crippen LogP contribution in [-0.2, 0) is 49.1 Å². The molecule has 0 spiro atoms. The van der Waals surface area contributed by atoms with E-state index in [-0.39, 0.29) is 48.9 Å². The molecule has 0 fully saturated rings. The Bertz CT molecular complexity index is 1350. The number of alkyl halides is 10. The molecule has 0 radical (unpaired) electrons. The van der Waals surface area contributed by atoms with Gasteiger partial charge in [-0.15, -0.1) is 0 Å². The third-order valence-electron chi connectivity index (χ3n) is 7.36. The Kier molecular flexibility index (Phi) is 19.4. The summed E-state index contributed by atoms with van der Waals surface area (Å²) in [7, 11) is 0.418. The van der Waals surface area contributed by atoms with Gasteiger partial charge in [-0.3, -0.25) is 0 Å². The van der Waals surface area contributed by atoms with Crippen molar-refractivity contribution in [2.45, 2.75) is 103 Å². The first-order valence-corrected chi connectivity index (χ1v) is 18.2. The maximum Gasteiger partial charge on any atom is 0.500 e. The number of nitrogens with zero attached hydrogens (tertiary/aromatic N) is 3. The molecule has 0 aliphatic rings. The predicted molar refractivity (Wildman–Crippen MR) is 167 cm³/mol. The van der Waals surface area contributed by atoms with Gasteiger partial charge in [0.25, 0.3) is 0 Å². The van der Waals surface area contributed by atoms with E-state index in [1.54, 1.807) is 0 Å². The van der Waals surface area contributed by atoms with Gasteiger partial charge in [0.1, 0.15) is 0 Å². The minimum Gasteiger partial charge on any atom is -0.377 e. The quantitative estimate of drug-likeness (QED) is 0.113. The molecule has 1 heterocycles. The summed E-state index contributed by atoms with van der Waals surface area (Å²) < 4.78 is 180. The molecule has 0 saturated carbocycles. The van der Waals surface area contributed by atoms with Crippen LogP contribution in [0.1, 0.15) is 47.8 Å². The standard InChI is InChI=1S/C24H39F10N3O11Si2.2CH4/c1-9-47-16(21(27,28)23(31,32)48-24(33,34)22(29,30)20(2,25)26)37-18(39)35(12-10-14-49(41-3,42-4)43-5)17(38)36(19(37)40)13-11-15-50(44-6,45-7)46-8;;/h16H,9-15H2,1-8H3;2*1H4. The molecule has 1 rings (SSSR count). The molecular weight excluding hydrogens is 776 g/mol. The second-order valence-corrected chi connectivity index (χ2v) is 16.5. The molecule has 1 aromatic rings. The third-order valence-corrected chi connectivity index (χ3v) is 13.0. The molecule has 0 aliphatic heterocycles. The van der Waals surface area contributed by atoms with Crippen LogP contribution in [0.3, 0.4) is 0 Å². The van der Waals surface area contributed by atoms with Crippen molar-refractivity contribution in [1.29, 1.82) is 0 Å². The normalized spacial score (nSPS) is 14.2.